The molecule has 1 aromatic carbocycles. The van der Waals surface area contributed by atoms with Gasteiger partial charge in [0.25, 0.3) is 0 Å². The number of carbonyl (C=O) groups is 1. The van der Waals surface area contributed by atoms with Crippen LogP contribution in [-0.4, -0.2) is 36.5 Å². The van der Waals surface area contributed by atoms with Gasteiger partial charge in [-0.3, -0.25) is 4.79 Å². The first-order chi connectivity index (χ1) is 8.70. The average molecular weight is 244 g/mol. The van der Waals surface area contributed by atoms with Gasteiger partial charge >= 0.3 is 0 Å². The zero-order valence-electron chi connectivity index (χ0n) is 10.9. The molecule has 2 heterocycles. The Morgan fingerprint density at radius 3 is 2.56 bits per heavy atom. The van der Waals surface area contributed by atoms with Gasteiger partial charge in [0.05, 0.1) is 0 Å². The van der Waals surface area contributed by atoms with E-state index >= 15 is 0 Å². The second-order valence-corrected chi connectivity index (χ2v) is 5.67. The van der Waals surface area contributed by atoms with Crippen molar-refractivity contribution in [1.29, 1.82) is 0 Å². The van der Waals surface area contributed by atoms with Crippen LogP contribution < -0.4 is 5.32 Å². The molecule has 0 radical (unpaired) electrons. The van der Waals surface area contributed by atoms with Crippen molar-refractivity contribution in [2.75, 3.05) is 20.1 Å². The Balaban J connectivity index is 1.90. The van der Waals surface area contributed by atoms with E-state index in [0.717, 1.165) is 25.9 Å². The first-order valence-electron chi connectivity index (χ1n) is 6.74. The van der Waals surface area contributed by atoms with Crippen molar-refractivity contribution >= 4 is 5.91 Å². The maximum Gasteiger partial charge on any atom is 0.221 e. The molecule has 1 aromatic rings. The summed E-state index contributed by atoms with van der Waals surface area (Å²) in [6.45, 7) is 2.15. The molecule has 2 saturated heterocycles. The van der Waals surface area contributed by atoms with Crippen LogP contribution in [0.3, 0.4) is 0 Å². The number of likely N-dealkylation sites (tertiary alicyclic amines) is 1. The maximum atomic E-state index is 11.9. The second-order valence-electron chi connectivity index (χ2n) is 5.67. The first-order valence-corrected chi connectivity index (χ1v) is 6.74. The second kappa shape index (κ2) is 4.39. The van der Waals surface area contributed by atoms with Gasteiger partial charge < -0.3 is 10.2 Å². The van der Waals surface area contributed by atoms with Crippen molar-refractivity contribution in [3.63, 3.8) is 0 Å². The van der Waals surface area contributed by atoms with E-state index in [9.17, 15) is 4.79 Å². The fourth-order valence-corrected chi connectivity index (χ4v) is 3.41. The lowest BCUT2D eigenvalue weighted by atomic mass is 9.74. The van der Waals surface area contributed by atoms with E-state index in [2.05, 4.69) is 41.5 Å². The van der Waals surface area contributed by atoms with Gasteiger partial charge in [0.2, 0.25) is 5.91 Å². The molecule has 2 aliphatic heterocycles. The summed E-state index contributed by atoms with van der Waals surface area (Å²) in [5.74, 6) is 0.563. The molecule has 0 unspecified atom stereocenters. The smallest absolute Gasteiger partial charge is 0.221 e. The maximum absolute atomic E-state index is 11.9. The third-order valence-electron chi connectivity index (χ3n) is 4.53. The summed E-state index contributed by atoms with van der Waals surface area (Å²) in [6, 6.07) is 10.5. The Bertz CT molecular complexity index is 435. The Morgan fingerprint density at radius 2 is 1.89 bits per heavy atom. The molecule has 2 aliphatic rings. The standard InChI is InChI=1S/C15H20N2O/c1-17-9-7-15(8-10-17)13(11-14(18)16-15)12-5-3-2-4-6-12/h2-6,13H,7-11H2,1H3,(H,16,18)/t13-/m1/s1. The number of rotatable bonds is 1. The van der Waals surface area contributed by atoms with Crippen LogP contribution in [-0.2, 0) is 4.79 Å². The van der Waals surface area contributed by atoms with Gasteiger partial charge in [-0.25, -0.2) is 0 Å². The van der Waals surface area contributed by atoms with Gasteiger partial charge in [-0.2, -0.15) is 0 Å². The van der Waals surface area contributed by atoms with Crippen LogP contribution in [0.2, 0.25) is 0 Å². The Morgan fingerprint density at radius 1 is 1.22 bits per heavy atom. The van der Waals surface area contributed by atoms with Crippen LogP contribution in [0.25, 0.3) is 0 Å². The van der Waals surface area contributed by atoms with Gasteiger partial charge in [0.15, 0.2) is 0 Å². The van der Waals surface area contributed by atoms with Gasteiger partial charge in [0.1, 0.15) is 0 Å². The Kier molecular flexibility index (Phi) is 2.86. The van der Waals surface area contributed by atoms with Crippen molar-refractivity contribution in [3.8, 4) is 0 Å². The topological polar surface area (TPSA) is 32.3 Å². The molecule has 96 valence electrons. The number of piperidine rings is 1. The van der Waals surface area contributed by atoms with E-state index in [0.29, 0.717) is 12.3 Å². The minimum atomic E-state index is 0.00491. The largest absolute Gasteiger partial charge is 0.350 e. The van der Waals surface area contributed by atoms with E-state index in [1.807, 2.05) is 6.07 Å². The zero-order valence-corrected chi connectivity index (χ0v) is 10.9. The third-order valence-corrected chi connectivity index (χ3v) is 4.53. The summed E-state index contributed by atoms with van der Waals surface area (Å²) >= 11 is 0. The van der Waals surface area contributed by atoms with E-state index in [4.69, 9.17) is 0 Å². The van der Waals surface area contributed by atoms with Crippen molar-refractivity contribution in [3.05, 3.63) is 35.9 Å². The fraction of sp³-hybridized carbons (Fsp3) is 0.533. The monoisotopic (exact) mass is 244 g/mol. The SMILES string of the molecule is CN1CCC2(CC1)NC(=O)C[C@@H]2c1ccccc1. The highest BCUT2D eigenvalue weighted by Crippen LogP contribution is 2.42. The number of benzene rings is 1. The highest BCUT2D eigenvalue weighted by Gasteiger charge is 2.48. The van der Waals surface area contributed by atoms with Crippen molar-refractivity contribution < 1.29 is 4.79 Å². The summed E-state index contributed by atoms with van der Waals surface area (Å²) in [6.07, 6.45) is 2.78. The van der Waals surface area contributed by atoms with Gasteiger partial charge in [0, 0.05) is 31.0 Å². The molecular weight excluding hydrogens is 224 g/mol. The molecule has 3 rings (SSSR count). The molecule has 3 nitrogen and oxygen atoms in total. The molecular formula is C15H20N2O. The van der Waals surface area contributed by atoms with Crippen molar-refractivity contribution in [2.24, 2.45) is 0 Å². The van der Waals surface area contributed by atoms with E-state index in [1.54, 1.807) is 0 Å². The first kappa shape index (κ1) is 11.7. The molecule has 1 atom stereocenters. The minimum absolute atomic E-state index is 0.00491. The van der Waals surface area contributed by atoms with Crippen LogP contribution in [0.4, 0.5) is 0 Å². The lowest BCUT2D eigenvalue weighted by Gasteiger charge is -2.41. The summed E-state index contributed by atoms with van der Waals surface area (Å²) in [7, 11) is 2.15. The van der Waals surface area contributed by atoms with Crippen LogP contribution in [0.5, 0.6) is 0 Å². The Labute approximate surface area is 108 Å². The highest BCUT2D eigenvalue weighted by atomic mass is 16.2. The van der Waals surface area contributed by atoms with E-state index < -0.39 is 0 Å². The molecule has 2 fully saturated rings. The van der Waals surface area contributed by atoms with Gasteiger partial charge in [-0.05, 0) is 25.5 Å². The summed E-state index contributed by atoms with van der Waals surface area (Å²) in [5.41, 5.74) is 1.31. The quantitative estimate of drug-likeness (QED) is 0.816. The van der Waals surface area contributed by atoms with Gasteiger partial charge in [-0.1, -0.05) is 30.3 Å². The molecule has 1 spiro atoms. The average Bonchev–Trinajstić information content (AvgIpc) is 2.71. The summed E-state index contributed by atoms with van der Waals surface area (Å²) < 4.78 is 0. The normalized spacial score (nSPS) is 27.4. The molecule has 1 N–H and O–H groups in total. The van der Waals surface area contributed by atoms with Crippen molar-refractivity contribution in [2.45, 2.75) is 30.7 Å². The molecule has 1 amide bonds. The van der Waals surface area contributed by atoms with E-state index in [1.165, 1.54) is 5.56 Å². The zero-order chi connectivity index (χ0) is 12.6. The minimum Gasteiger partial charge on any atom is -0.350 e. The van der Waals surface area contributed by atoms with Crippen LogP contribution >= 0.6 is 0 Å². The lowest BCUT2D eigenvalue weighted by Crippen LogP contribution is -2.52. The molecule has 0 saturated carbocycles. The number of hydrogen-bond acceptors (Lipinski definition) is 2. The summed E-state index contributed by atoms with van der Waals surface area (Å²) in [4.78, 5) is 14.2. The number of nitrogens with zero attached hydrogens (tertiary/aromatic N) is 1. The van der Waals surface area contributed by atoms with Crippen LogP contribution in [0, 0.1) is 0 Å². The fourth-order valence-electron chi connectivity index (χ4n) is 3.41. The number of hydrogen-bond donors (Lipinski definition) is 1. The number of nitrogens with one attached hydrogen (secondary N) is 1. The highest BCUT2D eigenvalue weighted by molar-refractivity contribution is 5.81. The van der Waals surface area contributed by atoms with Crippen LogP contribution in [0.1, 0.15) is 30.7 Å². The number of amides is 1. The molecule has 18 heavy (non-hydrogen) atoms. The molecule has 0 bridgehead atoms. The molecule has 0 aromatic heterocycles. The van der Waals surface area contributed by atoms with Crippen LogP contribution in [0.15, 0.2) is 30.3 Å². The molecule has 0 aliphatic carbocycles. The lowest BCUT2D eigenvalue weighted by molar-refractivity contribution is -0.120. The number of carbonyl (C=O) groups excluding carboxylic acids is 1. The van der Waals surface area contributed by atoms with Gasteiger partial charge in [-0.15, -0.1) is 0 Å². The van der Waals surface area contributed by atoms with Crippen molar-refractivity contribution in [1.82, 2.24) is 10.2 Å². The van der Waals surface area contributed by atoms with E-state index in [-0.39, 0.29) is 11.4 Å². The Hall–Kier alpha value is -1.35. The predicted octanol–water partition coefficient (Wildman–Crippen LogP) is 1.75. The third kappa shape index (κ3) is 1.93. The summed E-state index contributed by atoms with van der Waals surface area (Å²) in [5, 5.41) is 3.27. The predicted molar refractivity (Wildman–Crippen MR) is 71.4 cm³/mol. The molecule has 3 heteroatoms.